The molecule has 0 spiro atoms. The lowest BCUT2D eigenvalue weighted by atomic mass is 10.0. The molecule has 1 aromatic heterocycles. The molecule has 0 amide bonds. The summed E-state index contributed by atoms with van der Waals surface area (Å²) >= 11 is 0. The van der Waals surface area contributed by atoms with Gasteiger partial charge in [0.2, 0.25) is 0 Å². The summed E-state index contributed by atoms with van der Waals surface area (Å²) in [5.41, 5.74) is 3.69. The monoisotopic (exact) mass is 177 g/mol. The van der Waals surface area contributed by atoms with Gasteiger partial charge in [-0.2, -0.15) is 0 Å². The van der Waals surface area contributed by atoms with Crippen LogP contribution >= 0.6 is 0 Å². The Kier molecular flexibility index (Phi) is 3.47. The van der Waals surface area contributed by atoms with Crippen LogP contribution in [0.25, 0.3) is 0 Å². The van der Waals surface area contributed by atoms with Crippen LogP contribution in [0.2, 0.25) is 0 Å². The molecule has 0 N–H and O–H groups in total. The summed E-state index contributed by atoms with van der Waals surface area (Å²) in [4.78, 5) is 4.59. The van der Waals surface area contributed by atoms with E-state index in [0.717, 1.165) is 0 Å². The van der Waals surface area contributed by atoms with Crippen LogP contribution in [0.5, 0.6) is 0 Å². The van der Waals surface area contributed by atoms with E-state index in [1.54, 1.807) is 0 Å². The van der Waals surface area contributed by atoms with E-state index in [1.165, 1.54) is 29.8 Å². The van der Waals surface area contributed by atoms with Crippen LogP contribution in [-0.2, 0) is 0 Å². The predicted octanol–water partition coefficient (Wildman–Crippen LogP) is 3.60. The highest BCUT2D eigenvalue weighted by molar-refractivity contribution is 5.21. The van der Waals surface area contributed by atoms with E-state index in [9.17, 15) is 0 Å². The van der Waals surface area contributed by atoms with E-state index in [0.29, 0.717) is 5.92 Å². The molecule has 0 fully saturated rings. The van der Waals surface area contributed by atoms with Gasteiger partial charge >= 0.3 is 0 Å². The molecule has 0 aliphatic carbocycles. The zero-order chi connectivity index (χ0) is 9.84. The van der Waals surface area contributed by atoms with Crippen LogP contribution < -0.4 is 0 Å². The quantitative estimate of drug-likeness (QED) is 0.687. The first-order chi connectivity index (χ1) is 6.15. The highest BCUT2D eigenvalue weighted by atomic mass is 14.7. The summed E-state index contributed by atoms with van der Waals surface area (Å²) in [5.74, 6) is 0.601. The normalized spacial score (nSPS) is 12.9. The number of nitrogens with zero attached hydrogens (tertiary/aromatic N) is 1. The number of hydrogen-bond acceptors (Lipinski definition) is 1. The van der Waals surface area contributed by atoms with Crippen molar-refractivity contribution in [1.82, 2.24) is 4.98 Å². The molecule has 1 nitrogen and oxygen atoms in total. The van der Waals surface area contributed by atoms with Crippen molar-refractivity contribution in [3.63, 3.8) is 0 Å². The molecular formula is C12H19N. The molecule has 0 aromatic carbocycles. The molecule has 1 aromatic rings. The molecule has 0 aliphatic rings. The third kappa shape index (κ3) is 2.55. The van der Waals surface area contributed by atoms with Crippen molar-refractivity contribution in [2.75, 3.05) is 0 Å². The maximum atomic E-state index is 4.59. The second-order valence-corrected chi connectivity index (χ2v) is 3.83. The largest absolute Gasteiger partial charge is 0.258 e. The van der Waals surface area contributed by atoms with Gasteiger partial charge in [-0.05, 0) is 37.8 Å². The first-order valence-corrected chi connectivity index (χ1v) is 5.09. The van der Waals surface area contributed by atoms with E-state index in [1.807, 2.05) is 0 Å². The molecule has 72 valence electrons. The third-order valence-electron chi connectivity index (χ3n) is 2.60. The van der Waals surface area contributed by atoms with Gasteiger partial charge in [0.05, 0.1) is 0 Å². The van der Waals surface area contributed by atoms with Crippen molar-refractivity contribution < 1.29 is 0 Å². The van der Waals surface area contributed by atoms with Gasteiger partial charge in [-0.3, -0.25) is 4.98 Å². The molecular weight excluding hydrogens is 158 g/mol. The zero-order valence-electron chi connectivity index (χ0n) is 9.09. The maximum absolute atomic E-state index is 4.59. The molecule has 1 heterocycles. The summed E-state index contributed by atoms with van der Waals surface area (Å²) in [6.07, 6.45) is 2.46. The first-order valence-electron chi connectivity index (χ1n) is 5.09. The van der Waals surface area contributed by atoms with Gasteiger partial charge in [-0.1, -0.05) is 26.3 Å². The van der Waals surface area contributed by atoms with Gasteiger partial charge in [-0.15, -0.1) is 0 Å². The van der Waals surface area contributed by atoms with Crippen molar-refractivity contribution in [2.45, 2.75) is 46.5 Å². The Morgan fingerprint density at radius 3 is 2.54 bits per heavy atom. The lowest BCUT2D eigenvalue weighted by molar-refractivity contribution is 0.645. The Morgan fingerprint density at radius 2 is 2.00 bits per heavy atom. The highest BCUT2D eigenvalue weighted by Gasteiger charge is 2.06. The van der Waals surface area contributed by atoms with Crippen LogP contribution in [0.4, 0.5) is 0 Å². The Hall–Kier alpha value is -0.850. The average Bonchev–Trinajstić information content (AvgIpc) is 2.10. The van der Waals surface area contributed by atoms with Gasteiger partial charge in [0.25, 0.3) is 0 Å². The van der Waals surface area contributed by atoms with Gasteiger partial charge in [0, 0.05) is 11.4 Å². The fourth-order valence-corrected chi connectivity index (χ4v) is 1.51. The molecule has 0 radical (unpaired) electrons. The predicted molar refractivity (Wildman–Crippen MR) is 57.0 cm³/mol. The van der Waals surface area contributed by atoms with Gasteiger partial charge in [0.15, 0.2) is 0 Å². The Morgan fingerprint density at radius 1 is 1.31 bits per heavy atom. The average molecular weight is 177 g/mol. The second kappa shape index (κ2) is 4.40. The molecule has 0 saturated carbocycles. The van der Waals surface area contributed by atoms with E-state index >= 15 is 0 Å². The summed E-state index contributed by atoms with van der Waals surface area (Å²) < 4.78 is 0. The SMILES string of the molecule is CCCC(C)c1ccc(C)c(C)n1. The Labute approximate surface area is 81.2 Å². The molecule has 13 heavy (non-hydrogen) atoms. The maximum Gasteiger partial charge on any atom is 0.0435 e. The van der Waals surface area contributed by atoms with Crippen molar-refractivity contribution >= 4 is 0 Å². The third-order valence-corrected chi connectivity index (χ3v) is 2.60. The van der Waals surface area contributed by atoms with E-state index in [4.69, 9.17) is 0 Å². The number of rotatable bonds is 3. The molecule has 1 atom stereocenters. The lowest BCUT2D eigenvalue weighted by Crippen LogP contribution is -1.99. The van der Waals surface area contributed by atoms with Crippen molar-refractivity contribution in [1.29, 1.82) is 0 Å². The fourth-order valence-electron chi connectivity index (χ4n) is 1.51. The van der Waals surface area contributed by atoms with Gasteiger partial charge < -0.3 is 0 Å². The van der Waals surface area contributed by atoms with Crippen LogP contribution in [0.15, 0.2) is 12.1 Å². The van der Waals surface area contributed by atoms with E-state index < -0.39 is 0 Å². The highest BCUT2D eigenvalue weighted by Crippen LogP contribution is 2.19. The minimum absolute atomic E-state index is 0.601. The van der Waals surface area contributed by atoms with Gasteiger partial charge in [0.1, 0.15) is 0 Å². The molecule has 0 aliphatic heterocycles. The molecule has 0 saturated heterocycles. The fraction of sp³-hybridized carbons (Fsp3) is 0.583. The van der Waals surface area contributed by atoms with Crippen molar-refractivity contribution in [3.8, 4) is 0 Å². The number of aromatic nitrogens is 1. The van der Waals surface area contributed by atoms with Crippen molar-refractivity contribution in [3.05, 3.63) is 29.1 Å². The summed E-state index contributed by atoms with van der Waals surface area (Å²) in [5, 5.41) is 0. The topological polar surface area (TPSA) is 12.9 Å². The number of hydrogen-bond donors (Lipinski definition) is 0. The Balaban J connectivity index is 2.84. The zero-order valence-corrected chi connectivity index (χ0v) is 9.09. The minimum Gasteiger partial charge on any atom is -0.258 e. The number of aryl methyl sites for hydroxylation is 2. The van der Waals surface area contributed by atoms with Gasteiger partial charge in [-0.25, -0.2) is 0 Å². The smallest absolute Gasteiger partial charge is 0.0435 e. The molecule has 0 bridgehead atoms. The molecule has 1 heteroatoms. The standard InChI is InChI=1S/C12H19N/c1-5-6-10(3)12-8-7-9(2)11(4)13-12/h7-8,10H,5-6H2,1-4H3. The molecule has 1 unspecified atom stereocenters. The van der Waals surface area contributed by atoms with Crippen LogP contribution in [0.3, 0.4) is 0 Å². The first kappa shape index (κ1) is 10.2. The second-order valence-electron chi connectivity index (χ2n) is 3.83. The van der Waals surface area contributed by atoms with Crippen molar-refractivity contribution in [2.24, 2.45) is 0 Å². The molecule has 1 rings (SSSR count). The number of pyridine rings is 1. The van der Waals surface area contributed by atoms with Crippen LogP contribution in [0.1, 0.15) is 49.6 Å². The lowest BCUT2D eigenvalue weighted by Gasteiger charge is -2.10. The Bertz CT molecular complexity index is 278. The summed E-state index contributed by atoms with van der Waals surface area (Å²) in [7, 11) is 0. The van der Waals surface area contributed by atoms with Crippen LogP contribution in [0, 0.1) is 13.8 Å². The summed E-state index contributed by atoms with van der Waals surface area (Å²) in [6.45, 7) is 8.66. The van der Waals surface area contributed by atoms with E-state index in [2.05, 4.69) is 44.8 Å². The minimum atomic E-state index is 0.601. The summed E-state index contributed by atoms with van der Waals surface area (Å²) in [6, 6.07) is 4.33. The van der Waals surface area contributed by atoms with Crippen LogP contribution in [-0.4, -0.2) is 4.98 Å². The van der Waals surface area contributed by atoms with E-state index in [-0.39, 0.29) is 0 Å².